The number of likely N-dealkylation sites (N-methyl/N-ethyl adjacent to an activating group) is 1. The van der Waals surface area contributed by atoms with Crippen LogP contribution in [-0.4, -0.2) is 42.0 Å². The van der Waals surface area contributed by atoms with Crippen molar-refractivity contribution in [2.45, 2.75) is 27.7 Å². The first-order chi connectivity index (χ1) is 15.4. The van der Waals surface area contributed by atoms with E-state index < -0.39 is 5.63 Å². The highest BCUT2D eigenvalue weighted by Gasteiger charge is 2.25. The summed E-state index contributed by atoms with van der Waals surface area (Å²) >= 11 is 1.48. The lowest BCUT2D eigenvalue weighted by atomic mass is 10.1. The van der Waals surface area contributed by atoms with Crippen molar-refractivity contribution >= 4 is 43.6 Å². The van der Waals surface area contributed by atoms with E-state index in [0.717, 1.165) is 39.8 Å². The van der Waals surface area contributed by atoms with Gasteiger partial charge in [-0.3, -0.25) is 9.69 Å². The predicted octanol–water partition coefficient (Wildman–Crippen LogP) is 5.01. The lowest BCUT2D eigenvalue weighted by Crippen LogP contribution is -2.40. The molecule has 2 aromatic carbocycles. The summed E-state index contributed by atoms with van der Waals surface area (Å²) in [5.41, 5.74) is 2.98. The largest absolute Gasteiger partial charge is 0.422 e. The normalized spacial score (nSPS) is 11.5. The smallest absolute Gasteiger partial charge is 0.349 e. The van der Waals surface area contributed by atoms with Gasteiger partial charge in [0.2, 0.25) is 0 Å². The van der Waals surface area contributed by atoms with Crippen molar-refractivity contribution in [3.63, 3.8) is 0 Å². The lowest BCUT2D eigenvalue weighted by molar-refractivity contribution is 0.0980. The summed E-state index contributed by atoms with van der Waals surface area (Å²) in [6.07, 6.45) is 0. The number of thiazole rings is 1. The summed E-state index contributed by atoms with van der Waals surface area (Å²) in [4.78, 5) is 35.0. The first-order valence-electron chi connectivity index (χ1n) is 10.9. The van der Waals surface area contributed by atoms with Crippen molar-refractivity contribution < 1.29 is 9.21 Å². The number of hydrogen-bond donors (Lipinski definition) is 0. The van der Waals surface area contributed by atoms with Crippen LogP contribution in [0.5, 0.6) is 0 Å². The van der Waals surface area contributed by atoms with Gasteiger partial charge in [-0.1, -0.05) is 49.4 Å². The van der Waals surface area contributed by atoms with Gasteiger partial charge < -0.3 is 9.32 Å². The number of carbonyl (C=O) groups excluding carboxylic acids is 1. The van der Waals surface area contributed by atoms with Crippen LogP contribution in [0.15, 0.2) is 51.7 Å². The molecule has 0 N–H and O–H groups in total. The summed E-state index contributed by atoms with van der Waals surface area (Å²) in [6.45, 7) is 11.2. The average molecular weight is 450 g/mol. The van der Waals surface area contributed by atoms with Crippen LogP contribution in [0.1, 0.15) is 35.3 Å². The molecule has 0 bridgehead atoms. The third-order valence-electron chi connectivity index (χ3n) is 5.70. The van der Waals surface area contributed by atoms with Crippen molar-refractivity contribution in [2.75, 3.05) is 31.1 Å². The van der Waals surface area contributed by atoms with Crippen molar-refractivity contribution in [3.8, 4) is 0 Å². The van der Waals surface area contributed by atoms with E-state index in [0.29, 0.717) is 23.8 Å². The predicted molar refractivity (Wildman–Crippen MR) is 131 cm³/mol. The molecule has 0 aliphatic rings. The van der Waals surface area contributed by atoms with Gasteiger partial charge in [-0.15, -0.1) is 0 Å². The number of amides is 1. The average Bonchev–Trinajstić information content (AvgIpc) is 3.20. The van der Waals surface area contributed by atoms with E-state index in [-0.39, 0.29) is 11.5 Å². The summed E-state index contributed by atoms with van der Waals surface area (Å²) in [6, 6.07) is 13.0. The number of rotatable bonds is 7. The third kappa shape index (κ3) is 4.31. The number of fused-ring (bicyclic) bond motifs is 2. The molecule has 0 unspecified atom stereocenters. The Hall–Kier alpha value is -3.03. The van der Waals surface area contributed by atoms with Crippen LogP contribution in [0.2, 0.25) is 0 Å². The quantitative estimate of drug-likeness (QED) is 0.371. The molecule has 0 radical (unpaired) electrons. The topological polar surface area (TPSA) is 66.7 Å². The van der Waals surface area contributed by atoms with E-state index in [2.05, 4.69) is 37.8 Å². The second-order valence-corrected chi connectivity index (χ2v) is 8.90. The summed E-state index contributed by atoms with van der Waals surface area (Å²) in [7, 11) is 0. The van der Waals surface area contributed by atoms with Crippen LogP contribution >= 0.6 is 11.3 Å². The van der Waals surface area contributed by atoms with E-state index >= 15 is 0 Å². The maximum Gasteiger partial charge on any atom is 0.349 e. The molecule has 2 aromatic heterocycles. The second-order valence-electron chi connectivity index (χ2n) is 7.89. The van der Waals surface area contributed by atoms with Gasteiger partial charge >= 0.3 is 5.63 Å². The molecule has 7 heteroatoms. The van der Waals surface area contributed by atoms with Crippen LogP contribution in [0.3, 0.4) is 0 Å². The lowest BCUT2D eigenvalue weighted by Gasteiger charge is -2.24. The van der Waals surface area contributed by atoms with Crippen LogP contribution in [0.4, 0.5) is 5.13 Å². The zero-order chi connectivity index (χ0) is 22.8. The Bertz CT molecular complexity index is 1340. The van der Waals surface area contributed by atoms with Gasteiger partial charge in [0.15, 0.2) is 5.13 Å². The molecule has 166 valence electrons. The summed E-state index contributed by atoms with van der Waals surface area (Å²) < 4.78 is 6.46. The monoisotopic (exact) mass is 449 g/mol. The molecule has 0 aliphatic heterocycles. The number of aryl methyl sites for hydroxylation is 2. The summed E-state index contributed by atoms with van der Waals surface area (Å²) in [5, 5.41) is 1.31. The number of benzene rings is 2. The minimum atomic E-state index is -0.630. The molecule has 4 aromatic rings. The molecule has 6 nitrogen and oxygen atoms in total. The molecule has 0 aliphatic carbocycles. The maximum absolute atomic E-state index is 13.6. The van der Waals surface area contributed by atoms with E-state index in [1.807, 2.05) is 19.1 Å². The minimum absolute atomic E-state index is 0.0235. The minimum Gasteiger partial charge on any atom is -0.422 e. The molecular formula is C25H27N3O3S. The van der Waals surface area contributed by atoms with Crippen molar-refractivity contribution in [3.05, 3.63) is 69.6 Å². The van der Waals surface area contributed by atoms with Gasteiger partial charge in [-0.05, 0) is 56.3 Å². The third-order valence-corrected chi connectivity index (χ3v) is 6.73. The van der Waals surface area contributed by atoms with Crippen LogP contribution in [0.25, 0.3) is 21.2 Å². The standard InChI is InChI=1S/C25H27N3O3S/c1-5-27(6-2)11-12-28(25-26-22-17(4)13-16(3)14-21(22)32-25)23(29)19-15-18-9-7-8-10-20(18)31-24(19)30/h7-10,13-15H,5-6,11-12H2,1-4H3. The fraction of sp³-hybridized carbons (Fsp3) is 0.320. The van der Waals surface area contributed by atoms with E-state index in [1.165, 1.54) is 11.3 Å². The Morgan fingerprint density at radius 1 is 1.06 bits per heavy atom. The van der Waals surface area contributed by atoms with Crippen LogP contribution in [0, 0.1) is 13.8 Å². The Kier molecular flexibility index (Phi) is 6.39. The Morgan fingerprint density at radius 2 is 1.81 bits per heavy atom. The van der Waals surface area contributed by atoms with Crippen molar-refractivity contribution in [2.24, 2.45) is 0 Å². The molecule has 32 heavy (non-hydrogen) atoms. The van der Waals surface area contributed by atoms with E-state index in [9.17, 15) is 9.59 Å². The first kappa shape index (κ1) is 22.2. The summed E-state index contributed by atoms with van der Waals surface area (Å²) in [5.74, 6) is -0.384. The SMILES string of the molecule is CCN(CC)CCN(C(=O)c1cc2ccccc2oc1=O)c1nc2c(C)cc(C)cc2s1. The highest BCUT2D eigenvalue weighted by molar-refractivity contribution is 7.22. The Labute approximate surface area is 191 Å². The zero-order valence-electron chi connectivity index (χ0n) is 18.8. The van der Waals surface area contributed by atoms with Gasteiger partial charge in [-0.2, -0.15) is 0 Å². The maximum atomic E-state index is 13.6. The number of para-hydroxylation sites is 1. The molecule has 1 amide bonds. The van der Waals surface area contributed by atoms with Crippen molar-refractivity contribution in [1.29, 1.82) is 0 Å². The molecule has 0 saturated carbocycles. The van der Waals surface area contributed by atoms with E-state index in [1.54, 1.807) is 23.1 Å². The fourth-order valence-electron chi connectivity index (χ4n) is 3.90. The van der Waals surface area contributed by atoms with E-state index in [4.69, 9.17) is 9.40 Å². The zero-order valence-corrected chi connectivity index (χ0v) is 19.7. The number of carbonyl (C=O) groups is 1. The van der Waals surface area contributed by atoms with Gasteiger partial charge in [0.05, 0.1) is 10.2 Å². The van der Waals surface area contributed by atoms with Gasteiger partial charge in [0.25, 0.3) is 5.91 Å². The molecule has 4 rings (SSSR count). The highest BCUT2D eigenvalue weighted by atomic mass is 32.1. The van der Waals surface area contributed by atoms with Gasteiger partial charge in [-0.25, -0.2) is 9.78 Å². The highest BCUT2D eigenvalue weighted by Crippen LogP contribution is 2.32. The molecule has 0 spiro atoms. The van der Waals surface area contributed by atoms with Gasteiger partial charge in [0, 0.05) is 18.5 Å². The molecule has 0 atom stereocenters. The number of aromatic nitrogens is 1. The number of anilines is 1. The molecule has 0 fully saturated rings. The number of nitrogens with zero attached hydrogens (tertiary/aromatic N) is 3. The van der Waals surface area contributed by atoms with Gasteiger partial charge in [0.1, 0.15) is 11.1 Å². The van der Waals surface area contributed by atoms with Crippen LogP contribution in [-0.2, 0) is 0 Å². The molecule has 2 heterocycles. The molecular weight excluding hydrogens is 422 g/mol. The molecule has 0 saturated heterocycles. The number of hydrogen-bond acceptors (Lipinski definition) is 6. The van der Waals surface area contributed by atoms with Crippen LogP contribution < -0.4 is 10.5 Å². The fourth-order valence-corrected chi connectivity index (χ4v) is 5.06. The Morgan fingerprint density at radius 3 is 2.56 bits per heavy atom. The first-order valence-corrected chi connectivity index (χ1v) is 11.7. The van der Waals surface area contributed by atoms with Crippen molar-refractivity contribution in [1.82, 2.24) is 9.88 Å². The Balaban J connectivity index is 1.79. The second kappa shape index (κ2) is 9.22.